The molecule has 3 unspecified atom stereocenters. The molecule has 0 aromatic heterocycles. The topological polar surface area (TPSA) is 95.9 Å². The molecule has 0 aliphatic rings. The molecule has 3 N–H and O–H groups in total. The van der Waals surface area contributed by atoms with Crippen molar-refractivity contribution in [2.24, 2.45) is 0 Å². The lowest BCUT2D eigenvalue weighted by Gasteiger charge is -2.24. The zero-order valence-electron chi connectivity index (χ0n) is 38.9. The number of hydrogen-bond acceptors (Lipinski definition) is 5. The van der Waals surface area contributed by atoms with Gasteiger partial charge in [0.1, 0.15) is 6.10 Å². The number of carbonyl (C=O) groups is 2. The lowest BCUT2D eigenvalue weighted by atomic mass is 10.0. The van der Waals surface area contributed by atoms with Crippen LogP contribution in [0.15, 0.2) is 60.8 Å². The summed E-state index contributed by atoms with van der Waals surface area (Å²) in [5.74, 6) is -0.520. The Morgan fingerprint density at radius 1 is 0.508 bits per heavy atom. The molecule has 0 radical (unpaired) electrons. The van der Waals surface area contributed by atoms with Crippen LogP contribution in [-0.2, 0) is 14.3 Å². The first-order valence-electron chi connectivity index (χ1n) is 25.0. The molecule has 6 nitrogen and oxygen atoms in total. The second-order valence-corrected chi connectivity index (χ2v) is 16.9. The molecule has 1 amide bonds. The van der Waals surface area contributed by atoms with Gasteiger partial charge in [0.2, 0.25) is 5.91 Å². The zero-order valence-corrected chi connectivity index (χ0v) is 38.9. The van der Waals surface area contributed by atoms with Crippen molar-refractivity contribution in [1.82, 2.24) is 5.32 Å². The van der Waals surface area contributed by atoms with E-state index < -0.39 is 18.2 Å². The number of amides is 1. The van der Waals surface area contributed by atoms with E-state index in [1.165, 1.54) is 89.9 Å². The smallest absolute Gasteiger partial charge is 0.306 e. The van der Waals surface area contributed by atoms with E-state index in [9.17, 15) is 19.8 Å². The summed E-state index contributed by atoms with van der Waals surface area (Å²) < 4.78 is 5.91. The van der Waals surface area contributed by atoms with Gasteiger partial charge in [0.25, 0.3) is 0 Å². The summed E-state index contributed by atoms with van der Waals surface area (Å²) >= 11 is 0. The molecule has 0 rings (SSSR count). The normalized spacial score (nSPS) is 13.8. The molecule has 0 aliphatic carbocycles. The molecule has 0 aromatic carbocycles. The van der Waals surface area contributed by atoms with E-state index in [1.807, 2.05) is 0 Å². The van der Waals surface area contributed by atoms with Crippen molar-refractivity contribution in [2.75, 3.05) is 6.61 Å². The maximum atomic E-state index is 13.2. The fourth-order valence-electron chi connectivity index (χ4n) is 7.25. The Hall–Kier alpha value is -2.44. The molecule has 0 aliphatic heterocycles. The van der Waals surface area contributed by atoms with E-state index in [4.69, 9.17) is 4.74 Å². The van der Waals surface area contributed by atoms with Crippen LogP contribution in [0.25, 0.3) is 0 Å². The Morgan fingerprint density at radius 2 is 0.915 bits per heavy atom. The number of carbonyl (C=O) groups excluding carboxylic acids is 2. The predicted octanol–water partition coefficient (Wildman–Crippen LogP) is 14.8. The van der Waals surface area contributed by atoms with Crippen LogP contribution in [0.5, 0.6) is 0 Å². The van der Waals surface area contributed by atoms with Gasteiger partial charge in [-0.1, -0.05) is 197 Å². The number of allylic oxidation sites excluding steroid dienone is 10. The largest absolute Gasteiger partial charge is 0.462 e. The Labute approximate surface area is 365 Å². The van der Waals surface area contributed by atoms with E-state index in [0.29, 0.717) is 19.3 Å². The molecule has 0 aromatic rings. The van der Waals surface area contributed by atoms with Crippen molar-refractivity contribution in [3.8, 4) is 0 Å². The molecule has 342 valence electrons. The molecule has 0 saturated heterocycles. The van der Waals surface area contributed by atoms with Gasteiger partial charge in [-0.3, -0.25) is 9.59 Å². The van der Waals surface area contributed by atoms with Crippen molar-refractivity contribution >= 4 is 11.9 Å². The molecule has 0 heterocycles. The van der Waals surface area contributed by atoms with E-state index in [0.717, 1.165) is 103 Å². The summed E-state index contributed by atoms with van der Waals surface area (Å²) in [7, 11) is 0. The zero-order chi connectivity index (χ0) is 43.1. The van der Waals surface area contributed by atoms with Crippen molar-refractivity contribution < 1.29 is 24.5 Å². The first-order valence-corrected chi connectivity index (χ1v) is 25.0. The van der Waals surface area contributed by atoms with E-state index >= 15 is 0 Å². The Morgan fingerprint density at radius 3 is 1.44 bits per heavy atom. The van der Waals surface area contributed by atoms with Crippen LogP contribution in [0.2, 0.25) is 0 Å². The minimum Gasteiger partial charge on any atom is -0.462 e. The van der Waals surface area contributed by atoms with E-state index in [1.54, 1.807) is 0 Å². The van der Waals surface area contributed by atoms with Gasteiger partial charge >= 0.3 is 5.97 Å². The Balaban J connectivity index is 4.65. The van der Waals surface area contributed by atoms with Crippen LogP contribution in [0, 0.1) is 0 Å². The van der Waals surface area contributed by atoms with Crippen molar-refractivity contribution in [3.05, 3.63) is 60.8 Å². The molecule has 0 fully saturated rings. The summed E-state index contributed by atoms with van der Waals surface area (Å²) in [5.41, 5.74) is 0. The van der Waals surface area contributed by atoms with Gasteiger partial charge in [0.15, 0.2) is 0 Å². The maximum Gasteiger partial charge on any atom is 0.306 e. The molecule has 6 heteroatoms. The average Bonchev–Trinajstić information content (AvgIpc) is 3.23. The maximum absolute atomic E-state index is 13.2. The average molecular weight is 826 g/mol. The fraction of sp³-hybridized carbons (Fsp3) is 0.774. The minimum absolute atomic E-state index is 0.0534. The highest BCUT2D eigenvalue weighted by Gasteiger charge is 2.24. The third kappa shape index (κ3) is 42.1. The standard InChI is InChI=1S/C53H95NO5/c1-4-7-10-13-16-19-22-24-25-26-27-29-31-34-37-40-43-46-53(58)59-49(44-41-38-35-32-30-28-23-20-17-14-11-8-5-2)47-52(57)54-50(48-55)51(56)45-42-39-36-33-21-18-15-12-9-6-3/h16-17,19-20,23-25,27-29,49-51,55-56H,4-15,18,21-22,26,30-48H2,1-3H3,(H,54,57)/b19-16-,20-17+,25-24-,28-23+,29-27-. The van der Waals surface area contributed by atoms with Crippen LogP contribution < -0.4 is 5.32 Å². The molecule has 0 spiro atoms. The van der Waals surface area contributed by atoms with Crippen LogP contribution in [-0.4, -0.2) is 46.9 Å². The third-order valence-corrected chi connectivity index (χ3v) is 11.1. The van der Waals surface area contributed by atoms with Crippen LogP contribution in [0.3, 0.4) is 0 Å². The summed E-state index contributed by atoms with van der Waals surface area (Å²) in [6.45, 7) is 6.40. The molecule has 3 atom stereocenters. The predicted molar refractivity (Wildman–Crippen MR) is 255 cm³/mol. The number of esters is 1. The van der Waals surface area contributed by atoms with Crippen molar-refractivity contribution in [1.29, 1.82) is 0 Å². The monoisotopic (exact) mass is 826 g/mol. The number of rotatable bonds is 44. The van der Waals surface area contributed by atoms with Crippen LogP contribution in [0.4, 0.5) is 0 Å². The van der Waals surface area contributed by atoms with E-state index in [-0.39, 0.29) is 24.9 Å². The summed E-state index contributed by atoms with van der Waals surface area (Å²) in [4.78, 5) is 26.1. The lowest BCUT2D eigenvalue weighted by Crippen LogP contribution is -2.46. The van der Waals surface area contributed by atoms with Gasteiger partial charge in [-0.2, -0.15) is 0 Å². The van der Waals surface area contributed by atoms with Crippen LogP contribution in [0.1, 0.15) is 239 Å². The highest BCUT2D eigenvalue weighted by molar-refractivity contribution is 5.77. The van der Waals surface area contributed by atoms with E-state index in [2.05, 4.69) is 86.8 Å². The summed E-state index contributed by atoms with van der Waals surface area (Å²) in [6.07, 6.45) is 57.0. The number of hydrogen-bond donors (Lipinski definition) is 3. The van der Waals surface area contributed by atoms with Crippen LogP contribution >= 0.6 is 0 Å². The van der Waals surface area contributed by atoms with Gasteiger partial charge in [-0.15, -0.1) is 0 Å². The quantitative estimate of drug-likeness (QED) is 0.0246. The van der Waals surface area contributed by atoms with Gasteiger partial charge in [0, 0.05) is 6.42 Å². The molecular formula is C53H95NO5. The minimum atomic E-state index is -0.797. The number of ether oxygens (including phenoxy) is 1. The molecule has 59 heavy (non-hydrogen) atoms. The summed E-state index contributed by atoms with van der Waals surface area (Å²) in [5, 5.41) is 23.7. The third-order valence-electron chi connectivity index (χ3n) is 11.1. The Bertz CT molecular complexity index is 1060. The lowest BCUT2D eigenvalue weighted by molar-refractivity contribution is -0.151. The number of unbranched alkanes of at least 4 members (excludes halogenated alkanes) is 23. The van der Waals surface area contributed by atoms with Gasteiger partial charge < -0.3 is 20.3 Å². The number of aliphatic hydroxyl groups is 2. The van der Waals surface area contributed by atoms with Gasteiger partial charge in [-0.05, 0) is 89.9 Å². The van der Waals surface area contributed by atoms with Crippen molar-refractivity contribution in [2.45, 2.75) is 257 Å². The molecular weight excluding hydrogens is 731 g/mol. The second kappa shape index (κ2) is 46.6. The summed E-state index contributed by atoms with van der Waals surface area (Å²) in [6, 6.07) is -0.713. The van der Waals surface area contributed by atoms with Gasteiger partial charge in [0.05, 0.1) is 25.2 Å². The number of aliphatic hydroxyl groups excluding tert-OH is 2. The van der Waals surface area contributed by atoms with Crippen molar-refractivity contribution in [3.63, 3.8) is 0 Å². The second-order valence-electron chi connectivity index (χ2n) is 16.9. The molecule has 0 saturated carbocycles. The highest BCUT2D eigenvalue weighted by atomic mass is 16.5. The fourth-order valence-corrected chi connectivity index (χ4v) is 7.25. The molecule has 0 bridgehead atoms. The first kappa shape index (κ1) is 56.6. The SMILES string of the molecule is CCCCC/C=C\C/C=C\C/C=C\CCCCCCC(=O)OC(CCCCCC/C=C/C=C/CCCCC)CC(=O)NC(CO)C(O)CCCCCCCCCCCC. The number of nitrogens with one attached hydrogen (secondary N) is 1. The van der Waals surface area contributed by atoms with Gasteiger partial charge in [-0.25, -0.2) is 0 Å². The first-order chi connectivity index (χ1) is 29.0. The Kier molecular flexibility index (Phi) is 44.7. The highest BCUT2D eigenvalue weighted by Crippen LogP contribution is 2.17.